The monoisotopic (exact) mass is 304 g/mol. The molecule has 2 atom stereocenters. The van der Waals surface area contributed by atoms with Gasteiger partial charge in [-0.15, -0.1) is 0 Å². The van der Waals surface area contributed by atoms with Crippen molar-refractivity contribution in [1.82, 2.24) is 10.2 Å². The molecule has 0 aromatic heterocycles. The third-order valence-corrected chi connectivity index (χ3v) is 4.24. The van der Waals surface area contributed by atoms with Gasteiger partial charge in [0.2, 0.25) is 0 Å². The Kier molecular flexibility index (Phi) is 5.81. The molecule has 1 fully saturated rings. The molecule has 1 saturated carbocycles. The normalized spacial score (nSPS) is 20.6. The topological polar surface area (TPSA) is 69.6 Å². The van der Waals surface area contributed by atoms with Crippen LogP contribution in [0.5, 0.6) is 0 Å². The molecule has 0 aliphatic heterocycles. The van der Waals surface area contributed by atoms with Crippen LogP contribution in [0.3, 0.4) is 0 Å². The summed E-state index contributed by atoms with van der Waals surface area (Å²) in [6.45, 7) is 0.237. The summed E-state index contributed by atoms with van der Waals surface area (Å²) < 4.78 is 0. The van der Waals surface area contributed by atoms with Gasteiger partial charge in [0.25, 0.3) is 0 Å². The highest BCUT2D eigenvalue weighted by Gasteiger charge is 2.26. The second-order valence-corrected chi connectivity index (χ2v) is 6.08. The Balaban J connectivity index is 1.73. The third kappa shape index (κ3) is 5.06. The predicted molar refractivity (Wildman–Crippen MR) is 84.7 cm³/mol. The minimum Gasteiger partial charge on any atom is -0.481 e. The second kappa shape index (κ2) is 7.82. The molecule has 2 rings (SSSR count). The van der Waals surface area contributed by atoms with Crippen molar-refractivity contribution in [3.05, 3.63) is 35.9 Å². The number of hydrogen-bond donors (Lipinski definition) is 2. The average Bonchev–Trinajstić information content (AvgIpc) is 2.92. The lowest BCUT2D eigenvalue weighted by Gasteiger charge is -2.20. The highest BCUT2D eigenvalue weighted by atomic mass is 16.4. The number of carboxylic acids is 1. The molecule has 0 radical (unpaired) electrons. The molecule has 5 heteroatoms. The number of hydrogen-bond acceptors (Lipinski definition) is 2. The van der Waals surface area contributed by atoms with E-state index in [0.717, 1.165) is 25.7 Å². The molecule has 1 aliphatic rings. The molecule has 1 aliphatic carbocycles. The highest BCUT2D eigenvalue weighted by Crippen LogP contribution is 2.28. The highest BCUT2D eigenvalue weighted by molar-refractivity contribution is 5.75. The van der Waals surface area contributed by atoms with Crippen molar-refractivity contribution in [1.29, 1.82) is 0 Å². The van der Waals surface area contributed by atoms with Crippen molar-refractivity contribution >= 4 is 12.0 Å². The quantitative estimate of drug-likeness (QED) is 0.848. The van der Waals surface area contributed by atoms with Gasteiger partial charge in [-0.1, -0.05) is 30.3 Å². The van der Waals surface area contributed by atoms with E-state index in [1.165, 1.54) is 10.5 Å². The number of amides is 2. The van der Waals surface area contributed by atoms with Crippen molar-refractivity contribution in [2.24, 2.45) is 5.92 Å². The van der Waals surface area contributed by atoms with Gasteiger partial charge in [0, 0.05) is 19.6 Å². The van der Waals surface area contributed by atoms with E-state index in [9.17, 15) is 9.59 Å². The van der Waals surface area contributed by atoms with E-state index in [2.05, 4.69) is 29.6 Å². The molecule has 2 unspecified atom stereocenters. The summed E-state index contributed by atoms with van der Waals surface area (Å²) in [7, 11) is 1.63. The first kappa shape index (κ1) is 16.3. The van der Waals surface area contributed by atoms with Gasteiger partial charge in [-0.05, 0) is 37.2 Å². The molecule has 2 N–H and O–H groups in total. The fraction of sp³-hybridized carbons (Fsp3) is 0.529. The van der Waals surface area contributed by atoms with E-state index in [1.807, 2.05) is 6.07 Å². The number of carbonyl (C=O) groups is 2. The Hall–Kier alpha value is -2.04. The Bertz CT molecular complexity index is 504. The Morgan fingerprint density at radius 1 is 1.27 bits per heavy atom. The lowest BCUT2D eigenvalue weighted by atomic mass is 9.98. The van der Waals surface area contributed by atoms with Crippen LogP contribution in [0.4, 0.5) is 4.79 Å². The van der Waals surface area contributed by atoms with Crippen LogP contribution in [0.25, 0.3) is 0 Å². The SMILES string of the molecule is CN(CCC(=O)O)C(=O)NC1CCC(Cc2ccccc2)C1. The molecule has 1 aromatic carbocycles. The summed E-state index contributed by atoms with van der Waals surface area (Å²) in [5, 5.41) is 11.7. The smallest absolute Gasteiger partial charge is 0.317 e. The van der Waals surface area contributed by atoms with E-state index >= 15 is 0 Å². The standard InChI is InChI=1S/C17H24N2O3/c1-19(10-9-16(20)21)17(22)18-15-8-7-14(12-15)11-13-5-3-2-4-6-13/h2-6,14-15H,7-12H2,1H3,(H,18,22)(H,20,21). The Labute approximate surface area is 131 Å². The summed E-state index contributed by atoms with van der Waals surface area (Å²) in [5.41, 5.74) is 1.35. The zero-order valence-corrected chi connectivity index (χ0v) is 13.0. The van der Waals surface area contributed by atoms with Crippen molar-refractivity contribution in [3.8, 4) is 0 Å². The molecular formula is C17H24N2O3. The molecule has 0 heterocycles. The second-order valence-electron chi connectivity index (χ2n) is 6.08. The van der Waals surface area contributed by atoms with Gasteiger partial charge in [-0.25, -0.2) is 4.79 Å². The van der Waals surface area contributed by atoms with Gasteiger partial charge >= 0.3 is 12.0 Å². The maximum Gasteiger partial charge on any atom is 0.317 e. The first-order valence-corrected chi connectivity index (χ1v) is 7.82. The molecule has 0 saturated heterocycles. The largest absolute Gasteiger partial charge is 0.481 e. The van der Waals surface area contributed by atoms with Gasteiger partial charge in [0.15, 0.2) is 0 Å². The molecule has 0 bridgehead atoms. The first-order chi connectivity index (χ1) is 10.5. The fourth-order valence-electron chi connectivity index (χ4n) is 2.99. The van der Waals surface area contributed by atoms with E-state index in [0.29, 0.717) is 5.92 Å². The number of benzene rings is 1. The van der Waals surface area contributed by atoms with Gasteiger partial charge in [-0.3, -0.25) is 4.79 Å². The Morgan fingerprint density at radius 2 is 2.00 bits per heavy atom. The van der Waals surface area contributed by atoms with E-state index in [4.69, 9.17) is 5.11 Å². The molecular weight excluding hydrogens is 280 g/mol. The summed E-state index contributed by atoms with van der Waals surface area (Å²) in [6, 6.07) is 10.5. The average molecular weight is 304 g/mol. The number of rotatable bonds is 6. The molecule has 22 heavy (non-hydrogen) atoms. The van der Waals surface area contributed by atoms with Crippen LogP contribution in [0.15, 0.2) is 30.3 Å². The van der Waals surface area contributed by atoms with Crippen LogP contribution in [0.2, 0.25) is 0 Å². The zero-order chi connectivity index (χ0) is 15.9. The van der Waals surface area contributed by atoms with Gasteiger partial charge < -0.3 is 15.3 Å². The molecule has 120 valence electrons. The van der Waals surface area contributed by atoms with Gasteiger partial charge in [0.1, 0.15) is 0 Å². The summed E-state index contributed by atoms with van der Waals surface area (Å²) in [5.74, 6) is -0.277. The van der Waals surface area contributed by atoms with Crippen LogP contribution in [-0.2, 0) is 11.2 Å². The molecule has 0 spiro atoms. The minimum atomic E-state index is -0.886. The van der Waals surface area contributed by atoms with Crippen LogP contribution >= 0.6 is 0 Å². The van der Waals surface area contributed by atoms with Crippen LogP contribution in [0, 0.1) is 5.92 Å². The number of carboxylic acid groups (broad SMARTS) is 1. The van der Waals surface area contributed by atoms with Crippen molar-refractivity contribution < 1.29 is 14.7 Å². The van der Waals surface area contributed by atoms with E-state index < -0.39 is 5.97 Å². The van der Waals surface area contributed by atoms with Crippen molar-refractivity contribution in [2.45, 2.75) is 38.1 Å². The zero-order valence-electron chi connectivity index (χ0n) is 13.0. The Morgan fingerprint density at radius 3 is 2.68 bits per heavy atom. The van der Waals surface area contributed by atoms with Gasteiger partial charge in [-0.2, -0.15) is 0 Å². The predicted octanol–water partition coefficient (Wildman–Crippen LogP) is 2.51. The minimum absolute atomic E-state index is 0.0226. The summed E-state index contributed by atoms with van der Waals surface area (Å²) in [4.78, 5) is 24.0. The summed E-state index contributed by atoms with van der Waals surface area (Å²) >= 11 is 0. The lowest BCUT2D eigenvalue weighted by molar-refractivity contribution is -0.137. The van der Waals surface area contributed by atoms with Crippen molar-refractivity contribution in [2.75, 3.05) is 13.6 Å². The van der Waals surface area contributed by atoms with E-state index in [1.54, 1.807) is 7.05 Å². The molecule has 2 amide bonds. The molecule has 1 aromatic rings. The fourth-order valence-corrected chi connectivity index (χ4v) is 2.99. The van der Waals surface area contributed by atoms with Crippen molar-refractivity contribution in [3.63, 3.8) is 0 Å². The number of urea groups is 1. The summed E-state index contributed by atoms with van der Waals surface area (Å²) in [6.07, 6.45) is 4.15. The third-order valence-electron chi connectivity index (χ3n) is 4.24. The number of aliphatic carboxylic acids is 1. The van der Waals surface area contributed by atoms with Crippen LogP contribution in [0.1, 0.15) is 31.2 Å². The number of nitrogens with one attached hydrogen (secondary N) is 1. The molecule has 5 nitrogen and oxygen atoms in total. The maximum absolute atomic E-state index is 12.0. The lowest BCUT2D eigenvalue weighted by Crippen LogP contribution is -2.42. The van der Waals surface area contributed by atoms with Crippen LogP contribution in [-0.4, -0.2) is 41.6 Å². The number of carbonyl (C=O) groups excluding carboxylic acids is 1. The van der Waals surface area contributed by atoms with Gasteiger partial charge in [0.05, 0.1) is 6.42 Å². The number of nitrogens with zero attached hydrogens (tertiary/aromatic N) is 1. The van der Waals surface area contributed by atoms with Crippen LogP contribution < -0.4 is 5.32 Å². The maximum atomic E-state index is 12.0. The first-order valence-electron chi connectivity index (χ1n) is 7.82. The van der Waals surface area contributed by atoms with E-state index in [-0.39, 0.29) is 25.0 Å².